The third kappa shape index (κ3) is 2.31. The highest BCUT2D eigenvalue weighted by Crippen LogP contribution is 2.24. The summed E-state index contributed by atoms with van der Waals surface area (Å²) in [5.41, 5.74) is 1.09. The summed E-state index contributed by atoms with van der Waals surface area (Å²) < 4.78 is 6.41. The van der Waals surface area contributed by atoms with Crippen LogP contribution in [0.3, 0.4) is 0 Å². The number of carbonyl (C=O) groups is 2. The van der Waals surface area contributed by atoms with Crippen LogP contribution < -0.4 is 0 Å². The van der Waals surface area contributed by atoms with Crippen molar-refractivity contribution in [1.29, 1.82) is 0 Å². The first-order chi connectivity index (χ1) is 9.40. The number of hydrogen-bond donors (Lipinski definition) is 0. The van der Waals surface area contributed by atoms with Crippen LogP contribution in [0.2, 0.25) is 0 Å². The van der Waals surface area contributed by atoms with Crippen molar-refractivity contribution in [1.82, 2.24) is 9.61 Å². The maximum Gasteiger partial charge on any atom is 0.319 e. The molecule has 0 spiro atoms. The van der Waals surface area contributed by atoms with E-state index in [-0.39, 0.29) is 5.78 Å². The number of aromatic nitrogens is 2. The molecule has 5 nitrogen and oxygen atoms in total. The second-order valence-corrected chi connectivity index (χ2v) is 5.22. The fraction of sp³-hybridized carbons (Fsp3) is 0.400. The number of fused-ring (bicyclic) bond motifs is 1. The van der Waals surface area contributed by atoms with E-state index in [9.17, 15) is 9.59 Å². The van der Waals surface area contributed by atoms with Gasteiger partial charge in [0.25, 0.3) is 0 Å². The first-order valence-electron chi connectivity index (χ1n) is 6.51. The Hall–Kier alpha value is -2.17. The van der Waals surface area contributed by atoms with Gasteiger partial charge in [0.2, 0.25) is 0 Å². The number of Topliss-reactive ketones (excluding diaryl/α,β-unsaturated/α-hetero) is 1. The Labute approximate surface area is 117 Å². The van der Waals surface area contributed by atoms with Gasteiger partial charge in [0.05, 0.1) is 18.3 Å². The normalized spacial score (nSPS) is 11.6. The summed E-state index contributed by atoms with van der Waals surface area (Å²) >= 11 is 0. The van der Waals surface area contributed by atoms with Crippen LogP contribution in [0, 0.1) is 5.41 Å². The molecule has 2 heterocycles. The Balaban J connectivity index is 2.42. The summed E-state index contributed by atoms with van der Waals surface area (Å²) in [6.45, 7) is 5.16. The molecule has 0 saturated heterocycles. The van der Waals surface area contributed by atoms with Crippen LogP contribution in [-0.4, -0.2) is 28.5 Å². The monoisotopic (exact) mass is 274 g/mol. The van der Waals surface area contributed by atoms with E-state index in [2.05, 4.69) is 9.84 Å². The second kappa shape index (κ2) is 5.07. The lowest BCUT2D eigenvalue weighted by Crippen LogP contribution is -2.34. The molecule has 0 aliphatic heterocycles. The fourth-order valence-corrected chi connectivity index (χ4v) is 2.07. The number of methoxy groups -OCH3 is 1. The quantitative estimate of drug-likeness (QED) is 0.487. The molecule has 0 saturated carbocycles. The van der Waals surface area contributed by atoms with Gasteiger partial charge in [-0.05, 0) is 38.5 Å². The lowest BCUT2D eigenvalue weighted by atomic mass is 9.84. The summed E-state index contributed by atoms with van der Waals surface area (Å²) in [4.78, 5) is 24.2. The Bertz CT molecular complexity index is 671. The van der Waals surface area contributed by atoms with Gasteiger partial charge in [-0.25, -0.2) is 4.52 Å². The van der Waals surface area contributed by atoms with Crippen LogP contribution in [0.25, 0.3) is 5.52 Å². The number of ketones is 1. The summed E-state index contributed by atoms with van der Waals surface area (Å²) in [5, 5.41) is 4.36. The molecule has 2 aromatic rings. The summed E-state index contributed by atoms with van der Waals surface area (Å²) in [5.74, 6) is -0.795. The molecule has 0 amide bonds. The van der Waals surface area contributed by atoms with Gasteiger partial charge >= 0.3 is 5.97 Å². The molecule has 106 valence electrons. The van der Waals surface area contributed by atoms with Gasteiger partial charge in [-0.1, -0.05) is 6.92 Å². The molecule has 0 radical (unpaired) electrons. The standard InChI is InChI=1S/C15H18N2O3/c1-5-11-9-12-8-10(6-7-17(12)16-11)13(18)15(2,3)14(19)20-4/h6-9H,5H2,1-4H3. The Morgan fingerprint density at radius 3 is 2.65 bits per heavy atom. The van der Waals surface area contributed by atoms with E-state index in [0.717, 1.165) is 17.6 Å². The summed E-state index contributed by atoms with van der Waals surface area (Å²) in [6.07, 6.45) is 2.56. The number of carbonyl (C=O) groups excluding carboxylic acids is 2. The average Bonchev–Trinajstić information content (AvgIpc) is 2.87. The molecular weight excluding hydrogens is 256 g/mol. The van der Waals surface area contributed by atoms with Crippen LogP contribution in [-0.2, 0) is 16.0 Å². The molecule has 0 atom stereocenters. The van der Waals surface area contributed by atoms with Crippen molar-refractivity contribution >= 4 is 17.3 Å². The number of nitrogens with zero attached hydrogens (tertiary/aromatic N) is 2. The van der Waals surface area contributed by atoms with Crippen LogP contribution in [0.4, 0.5) is 0 Å². The zero-order valence-electron chi connectivity index (χ0n) is 12.1. The smallest absolute Gasteiger partial charge is 0.319 e. The SMILES string of the molecule is CCc1cc2cc(C(=O)C(C)(C)C(=O)OC)ccn2n1. The molecule has 0 N–H and O–H groups in total. The summed E-state index contributed by atoms with van der Waals surface area (Å²) in [7, 11) is 1.28. The predicted molar refractivity (Wildman–Crippen MR) is 74.7 cm³/mol. The second-order valence-electron chi connectivity index (χ2n) is 5.22. The zero-order chi connectivity index (χ0) is 14.9. The Morgan fingerprint density at radius 2 is 2.05 bits per heavy atom. The van der Waals surface area contributed by atoms with Crippen molar-refractivity contribution in [2.45, 2.75) is 27.2 Å². The number of hydrogen-bond acceptors (Lipinski definition) is 4. The fourth-order valence-electron chi connectivity index (χ4n) is 2.07. The lowest BCUT2D eigenvalue weighted by molar-refractivity contribution is -0.147. The van der Waals surface area contributed by atoms with Crippen molar-refractivity contribution in [3.05, 3.63) is 35.7 Å². The molecule has 20 heavy (non-hydrogen) atoms. The van der Waals surface area contributed by atoms with Gasteiger partial charge in [-0.2, -0.15) is 5.10 Å². The van der Waals surface area contributed by atoms with E-state index in [1.54, 1.807) is 36.7 Å². The minimum Gasteiger partial charge on any atom is -0.468 e. The van der Waals surface area contributed by atoms with Crippen LogP contribution in [0.5, 0.6) is 0 Å². The van der Waals surface area contributed by atoms with Gasteiger partial charge in [-0.3, -0.25) is 9.59 Å². The topological polar surface area (TPSA) is 60.7 Å². The molecule has 2 aromatic heterocycles. The molecule has 0 aliphatic rings. The van der Waals surface area contributed by atoms with E-state index in [1.165, 1.54) is 7.11 Å². The highest BCUT2D eigenvalue weighted by atomic mass is 16.5. The number of pyridine rings is 1. The molecule has 0 aromatic carbocycles. The Morgan fingerprint density at radius 1 is 1.35 bits per heavy atom. The first kappa shape index (κ1) is 14.2. The van der Waals surface area contributed by atoms with Crippen molar-refractivity contribution < 1.29 is 14.3 Å². The maximum absolute atomic E-state index is 12.5. The minimum absolute atomic E-state index is 0.258. The lowest BCUT2D eigenvalue weighted by Gasteiger charge is -2.19. The van der Waals surface area contributed by atoms with Crippen LogP contribution in [0.15, 0.2) is 24.4 Å². The van der Waals surface area contributed by atoms with Crippen molar-refractivity contribution in [3.8, 4) is 0 Å². The van der Waals surface area contributed by atoms with Crippen LogP contribution in [0.1, 0.15) is 36.8 Å². The number of esters is 1. The average molecular weight is 274 g/mol. The number of rotatable bonds is 4. The van der Waals surface area contributed by atoms with Crippen molar-refractivity contribution in [2.75, 3.05) is 7.11 Å². The van der Waals surface area contributed by atoms with Gasteiger partial charge in [0, 0.05) is 11.8 Å². The van der Waals surface area contributed by atoms with Crippen LogP contribution >= 0.6 is 0 Å². The minimum atomic E-state index is -1.19. The number of aryl methyl sites for hydroxylation is 1. The predicted octanol–water partition coefficient (Wildman–Crippen LogP) is 2.28. The van der Waals surface area contributed by atoms with Crippen molar-refractivity contribution in [2.24, 2.45) is 5.41 Å². The molecule has 2 rings (SSSR count). The molecular formula is C15H18N2O3. The third-order valence-electron chi connectivity index (χ3n) is 3.40. The van der Waals surface area contributed by atoms with Gasteiger partial charge in [0.1, 0.15) is 5.41 Å². The zero-order valence-corrected chi connectivity index (χ0v) is 12.1. The van der Waals surface area contributed by atoms with Gasteiger partial charge in [0.15, 0.2) is 5.78 Å². The molecule has 5 heteroatoms. The van der Waals surface area contributed by atoms with E-state index in [1.807, 2.05) is 13.0 Å². The molecule has 0 bridgehead atoms. The van der Waals surface area contributed by atoms with Gasteiger partial charge < -0.3 is 4.74 Å². The first-order valence-corrected chi connectivity index (χ1v) is 6.51. The molecule has 0 aliphatic carbocycles. The highest BCUT2D eigenvalue weighted by molar-refractivity contribution is 6.12. The van der Waals surface area contributed by atoms with Crippen molar-refractivity contribution in [3.63, 3.8) is 0 Å². The number of ether oxygens (including phenoxy) is 1. The van der Waals surface area contributed by atoms with Gasteiger partial charge in [-0.15, -0.1) is 0 Å². The maximum atomic E-state index is 12.5. The van der Waals surface area contributed by atoms with E-state index in [4.69, 9.17) is 0 Å². The van der Waals surface area contributed by atoms with E-state index < -0.39 is 11.4 Å². The largest absolute Gasteiger partial charge is 0.468 e. The van der Waals surface area contributed by atoms with E-state index in [0.29, 0.717) is 5.56 Å². The Kier molecular flexibility index (Phi) is 3.61. The molecule has 0 fully saturated rings. The third-order valence-corrected chi connectivity index (χ3v) is 3.40. The summed E-state index contributed by atoms with van der Waals surface area (Å²) in [6, 6.07) is 5.35. The molecule has 0 unspecified atom stereocenters. The highest BCUT2D eigenvalue weighted by Gasteiger charge is 2.37. The van der Waals surface area contributed by atoms with E-state index >= 15 is 0 Å².